The SMILES string of the molecule is CCN(CC)C(=NS(=O)(=O)c1ccccc1)c1ccc(Cl)cc1. The van der Waals surface area contributed by atoms with Crippen molar-refractivity contribution in [2.24, 2.45) is 4.40 Å². The van der Waals surface area contributed by atoms with E-state index in [1.165, 1.54) is 0 Å². The van der Waals surface area contributed by atoms with E-state index in [9.17, 15) is 8.42 Å². The van der Waals surface area contributed by atoms with Gasteiger partial charge in [0.25, 0.3) is 10.0 Å². The minimum absolute atomic E-state index is 0.179. The Bertz CT molecular complexity index is 768. The van der Waals surface area contributed by atoms with Crippen LogP contribution < -0.4 is 0 Å². The second-order valence-corrected chi connectivity index (χ2v) is 6.92. The van der Waals surface area contributed by atoms with E-state index in [0.717, 1.165) is 5.56 Å². The number of hydrogen-bond donors (Lipinski definition) is 0. The van der Waals surface area contributed by atoms with Crippen molar-refractivity contribution in [3.63, 3.8) is 0 Å². The van der Waals surface area contributed by atoms with Gasteiger partial charge in [-0.1, -0.05) is 29.8 Å². The molecular weight excluding hydrogens is 332 g/mol. The molecule has 0 aliphatic heterocycles. The lowest BCUT2D eigenvalue weighted by molar-refractivity contribution is 0.467. The summed E-state index contributed by atoms with van der Waals surface area (Å²) in [5.74, 6) is 0.426. The number of hydrogen-bond acceptors (Lipinski definition) is 2. The monoisotopic (exact) mass is 350 g/mol. The fourth-order valence-electron chi connectivity index (χ4n) is 2.17. The average molecular weight is 351 g/mol. The summed E-state index contributed by atoms with van der Waals surface area (Å²) in [5, 5.41) is 0.596. The lowest BCUT2D eigenvalue weighted by Crippen LogP contribution is -2.32. The first-order chi connectivity index (χ1) is 11.0. The Morgan fingerprint density at radius 1 is 1.00 bits per heavy atom. The van der Waals surface area contributed by atoms with Crippen LogP contribution >= 0.6 is 11.6 Å². The molecule has 6 heteroatoms. The van der Waals surface area contributed by atoms with Crippen molar-refractivity contribution in [3.05, 3.63) is 65.2 Å². The smallest absolute Gasteiger partial charge is 0.284 e. The summed E-state index contributed by atoms with van der Waals surface area (Å²) in [6.07, 6.45) is 0. The summed E-state index contributed by atoms with van der Waals surface area (Å²) < 4.78 is 29.3. The van der Waals surface area contributed by atoms with Gasteiger partial charge in [-0.25, -0.2) is 0 Å². The fourth-order valence-corrected chi connectivity index (χ4v) is 3.36. The Hall–Kier alpha value is -1.85. The number of halogens is 1. The molecule has 0 aromatic heterocycles. The molecule has 0 N–H and O–H groups in total. The first-order valence-corrected chi connectivity index (χ1v) is 9.20. The predicted molar refractivity (Wildman–Crippen MR) is 94.5 cm³/mol. The Balaban J connectivity index is 2.55. The second-order valence-electron chi connectivity index (χ2n) is 4.88. The predicted octanol–water partition coefficient (Wildman–Crippen LogP) is 3.82. The maximum absolute atomic E-state index is 12.6. The van der Waals surface area contributed by atoms with E-state index in [1.54, 1.807) is 54.6 Å². The lowest BCUT2D eigenvalue weighted by atomic mass is 10.2. The van der Waals surface area contributed by atoms with Gasteiger partial charge in [-0.05, 0) is 50.2 Å². The number of benzene rings is 2. The highest BCUT2D eigenvalue weighted by Crippen LogP contribution is 2.17. The molecule has 0 fully saturated rings. The van der Waals surface area contributed by atoms with Crippen molar-refractivity contribution < 1.29 is 8.42 Å². The molecule has 2 aromatic carbocycles. The highest BCUT2D eigenvalue weighted by molar-refractivity contribution is 7.90. The molecule has 122 valence electrons. The molecule has 0 unspecified atom stereocenters. The summed E-state index contributed by atoms with van der Waals surface area (Å²) in [6.45, 7) is 5.23. The van der Waals surface area contributed by atoms with Gasteiger partial charge < -0.3 is 4.90 Å². The molecule has 0 heterocycles. The molecule has 2 aromatic rings. The lowest BCUT2D eigenvalue weighted by Gasteiger charge is -2.23. The maximum Gasteiger partial charge on any atom is 0.284 e. The van der Waals surface area contributed by atoms with Gasteiger partial charge in [0.05, 0.1) is 4.90 Å². The van der Waals surface area contributed by atoms with Gasteiger partial charge in [-0.3, -0.25) is 0 Å². The summed E-state index contributed by atoms with van der Waals surface area (Å²) in [7, 11) is -3.77. The van der Waals surface area contributed by atoms with Crippen LogP contribution in [-0.2, 0) is 10.0 Å². The van der Waals surface area contributed by atoms with E-state index >= 15 is 0 Å². The summed E-state index contributed by atoms with van der Waals surface area (Å²) >= 11 is 5.92. The first kappa shape index (κ1) is 17.5. The first-order valence-electron chi connectivity index (χ1n) is 7.38. The molecule has 0 spiro atoms. The van der Waals surface area contributed by atoms with Crippen LogP contribution in [-0.4, -0.2) is 32.2 Å². The van der Waals surface area contributed by atoms with Gasteiger partial charge in [-0.15, -0.1) is 4.40 Å². The third-order valence-corrected chi connectivity index (χ3v) is 4.95. The van der Waals surface area contributed by atoms with E-state index in [0.29, 0.717) is 23.9 Å². The molecule has 0 radical (unpaired) electrons. The van der Waals surface area contributed by atoms with Crippen LogP contribution in [0.4, 0.5) is 0 Å². The number of sulfonamides is 1. The van der Waals surface area contributed by atoms with Crippen molar-refractivity contribution in [1.82, 2.24) is 4.90 Å². The zero-order valence-corrected chi connectivity index (χ0v) is 14.7. The van der Waals surface area contributed by atoms with Crippen LogP contribution in [0.15, 0.2) is 63.9 Å². The normalized spacial score (nSPS) is 12.2. The van der Waals surface area contributed by atoms with E-state index in [4.69, 9.17) is 11.6 Å². The highest BCUT2D eigenvalue weighted by Gasteiger charge is 2.18. The largest absolute Gasteiger partial charge is 0.356 e. The molecule has 0 saturated heterocycles. The van der Waals surface area contributed by atoms with Crippen molar-refractivity contribution in [1.29, 1.82) is 0 Å². The van der Waals surface area contributed by atoms with Gasteiger partial charge in [-0.2, -0.15) is 8.42 Å². The summed E-state index contributed by atoms with van der Waals surface area (Å²) in [5.41, 5.74) is 0.720. The van der Waals surface area contributed by atoms with E-state index in [2.05, 4.69) is 4.40 Å². The van der Waals surface area contributed by atoms with E-state index in [1.807, 2.05) is 18.7 Å². The van der Waals surface area contributed by atoms with Crippen molar-refractivity contribution in [3.8, 4) is 0 Å². The standard InChI is InChI=1S/C17H19ClN2O2S/c1-3-20(4-2)17(14-10-12-15(18)13-11-14)19-23(21,22)16-8-6-5-7-9-16/h5-13H,3-4H2,1-2H3. The fraction of sp³-hybridized carbons (Fsp3) is 0.235. The van der Waals surface area contributed by atoms with Crippen LogP contribution in [0, 0.1) is 0 Å². The molecule has 0 aliphatic carbocycles. The molecule has 23 heavy (non-hydrogen) atoms. The average Bonchev–Trinajstić information content (AvgIpc) is 2.56. The Morgan fingerprint density at radius 2 is 1.57 bits per heavy atom. The Labute approximate surface area is 142 Å². The molecule has 2 rings (SSSR count). The minimum atomic E-state index is -3.77. The van der Waals surface area contributed by atoms with Crippen molar-refractivity contribution in [2.45, 2.75) is 18.7 Å². The number of nitrogens with zero attached hydrogens (tertiary/aromatic N) is 2. The third-order valence-electron chi connectivity index (χ3n) is 3.41. The zero-order chi connectivity index (χ0) is 16.9. The summed E-state index contributed by atoms with van der Waals surface area (Å²) in [4.78, 5) is 2.09. The van der Waals surface area contributed by atoms with Crippen molar-refractivity contribution in [2.75, 3.05) is 13.1 Å². The number of amidine groups is 1. The van der Waals surface area contributed by atoms with Gasteiger partial charge in [0.1, 0.15) is 5.84 Å². The summed E-state index contributed by atoms with van der Waals surface area (Å²) in [6, 6.07) is 15.2. The molecule has 0 atom stereocenters. The van der Waals surface area contributed by atoms with E-state index in [-0.39, 0.29) is 4.90 Å². The molecular formula is C17H19ClN2O2S. The number of rotatable bonds is 5. The van der Waals surface area contributed by atoms with Gasteiger partial charge in [0.15, 0.2) is 0 Å². The van der Waals surface area contributed by atoms with E-state index < -0.39 is 10.0 Å². The van der Waals surface area contributed by atoms with Gasteiger partial charge >= 0.3 is 0 Å². The van der Waals surface area contributed by atoms with Crippen LogP contribution in [0.2, 0.25) is 5.02 Å². The zero-order valence-electron chi connectivity index (χ0n) is 13.1. The highest BCUT2D eigenvalue weighted by atomic mass is 35.5. The Kier molecular flexibility index (Phi) is 5.80. The minimum Gasteiger partial charge on any atom is -0.356 e. The third kappa shape index (κ3) is 4.33. The van der Waals surface area contributed by atoms with Crippen LogP contribution in [0.25, 0.3) is 0 Å². The molecule has 0 aliphatic rings. The van der Waals surface area contributed by atoms with Crippen LogP contribution in [0.3, 0.4) is 0 Å². The van der Waals surface area contributed by atoms with Crippen LogP contribution in [0.5, 0.6) is 0 Å². The van der Waals surface area contributed by atoms with Gasteiger partial charge in [0.2, 0.25) is 0 Å². The topological polar surface area (TPSA) is 49.7 Å². The molecule has 0 bridgehead atoms. The quantitative estimate of drug-likeness (QED) is 0.608. The Morgan fingerprint density at radius 3 is 2.09 bits per heavy atom. The van der Waals surface area contributed by atoms with Crippen LogP contribution in [0.1, 0.15) is 19.4 Å². The van der Waals surface area contributed by atoms with Gasteiger partial charge in [0, 0.05) is 23.7 Å². The molecule has 0 amide bonds. The maximum atomic E-state index is 12.6. The second kappa shape index (κ2) is 7.62. The van der Waals surface area contributed by atoms with Crippen molar-refractivity contribution >= 4 is 27.5 Å². The molecule has 4 nitrogen and oxygen atoms in total. The molecule has 0 saturated carbocycles.